The number of hydrazone groups is 1. The van der Waals surface area contributed by atoms with E-state index in [4.69, 9.17) is 0 Å². The van der Waals surface area contributed by atoms with Gasteiger partial charge in [-0.2, -0.15) is 10.2 Å². The molecule has 2 aromatic carbocycles. The van der Waals surface area contributed by atoms with E-state index >= 15 is 0 Å². The van der Waals surface area contributed by atoms with E-state index in [1.54, 1.807) is 12.4 Å². The van der Waals surface area contributed by atoms with Gasteiger partial charge in [0, 0.05) is 15.6 Å². The first-order valence-corrected chi connectivity index (χ1v) is 8.58. The maximum absolute atomic E-state index is 12.0. The van der Waals surface area contributed by atoms with E-state index in [1.807, 2.05) is 55.5 Å². The number of aromatic amines is 1. The Morgan fingerprint density at radius 1 is 1.20 bits per heavy atom. The second-order valence-electron chi connectivity index (χ2n) is 5.66. The van der Waals surface area contributed by atoms with E-state index in [-0.39, 0.29) is 12.3 Å². The minimum absolute atomic E-state index is 0.168. The molecule has 5 nitrogen and oxygen atoms in total. The molecule has 0 unspecified atom stereocenters. The van der Waals surface area contributed by atoms with Gasteiger partial charge in [-0.25, -0.2) is 5.43 Å². The Hall–Kier alpha value is -2.73. The lowest BCUT2D eigenvalue weighted by molar-refractivity contribution is -0.120. The molecule has 0 saturated carbocycles. The molecule has 0 spiro atoms. The zero-order chi connectivity index (χ0) is 17.6. The van der Waals surface area contributed by atoms with Crippen molar-refractivity contribution in [2.45, 2.75) is 13.3 Å². The lowest BCUT2D eigenvalue weighted by atomic mass is 10.1. The topological polar surface area (TPSA) is 70.1 Å². The molecule has 6 heteroatoms. The molecule has 25 heavy (non-hydrogen) atoms. The van der Waals surface area contributed by atoms with Crippen molar-refractivity contribution in [2.75, 3.05) is 0 Å². The third-order valence-corrected chi connectivity index (χ3v) is 4.21. The van der Waals surface area contributed by atoms with Gasteiger partial charge in [-0.15, -0.1) is 0 Å². The molecule has 0 aliphatic carbocycles. The van der Waals surface area contributed by atoms with Crippen LogP contribution in [0.15, 0.2) is 64.3 Å². The van der Waals surface area contributed by atoms with E-state index in [0.717, 1.165) is 26.9 Å². The van der Waals surface area contributed by atoms with Gasteiger partial charge in [0.15, 0.2) is 0 Å². The SMILES string of the molecule is Cc1ccc(-c2[nH]ncc2/C=N/NC(=O)Cc2ccc(Br)cc2)cc1. The number of rotatable bonds is 5. The van der Waals surface area contributed by atoms with Gasteiger partial charge in [0.2, 0.25) is 5.91 Å². The van der Waals surface area contributed by atoms with Crippen LogP contribution in [0, 0.1) is 6.92 Å². The molecule has 0 radical (unpaired) electrons. The van der Waals surface area contributed by atoms with E-state index in [1.165, 1.54) is 5.56 Å². The maximum Gasteiger partial charge on any atom is 0.244 e. The largest absolute Gasteiger partial charge is 0.277 e. The minimum atomic E-state index is -0.168. The fraction of sp³-hybridized carbons (Fsp3) is 0.105. The molecule has 0 saturated heterocycles. The van der Waals surface area contributed by atoms with Crippen LogP contribution in [0.3, 0.4) is 0 Å². The molecule has 3 aromatic rings. The summed E-state index contributed by atoms with van der Waals surface area (Å²) in [5.74, 6) is -0.168. The molecular formula is C19H17BrN4O. The molecule has 2 N–H and O–H groups in total. The number of nitrogens with one attached hydrogen (secondary N) is 2. The molecule has 1 amide bonds. The lowest BCUT2D eigenvalue weighted by Gasteiger charge is -2.02. The Morgan fingerprint density at radius 2 is 1.92 bits per heavy atom. The van der Waals surface area contributed by atoms with Gasteiger partial charge in [0.1, 0.15) is 0 Å². The average Bonchev–Trinajstić information content (AvgIpc) is 3.06. The van der Waals surface area contributed by atoms with E-state index in [2.05, 4.69) is 36.7 Å². The zero-order valence-corrected chi connectivity index (χ0v) is 15.2. The monoisotopic (exact) mass is 396 g/mol. The highest BCUT2D eigenvalue weighted by Gasteiger charge is 2.06. The summed E-state index contributed by atoms with van der Waals surface area (Å²) in [5, 5.41) is 11.1. The van der Waals surface area contributed by atoms with E-state index < -0.39 is 0 Å². The summed E-state index contributed by atoms with van der Waals surface area (Å²) in [6.45, 7) is 2.04. The molecule has 0 fully saturated rings. The average molecular weight is 397 g/mol. The van der Waals surface area contributed by atoms with Gasteiger partial charge in [0.05, 0.1) is 24.5 Å². The van der Waals surface area contributed by atoms with Crippen LogP contribution >= 0.6 is 15.9 Å². The van der Waals surface area contributed by atoms with Crippen LogP contribution in [-0.2, 0) is 11.2 Å². The summed E-state index contributed by atoms with van der Waals surface area (Å²) in [7, 11) is 0. The standard InChI is InChI=1S/C19H17BrN4O/c1-13-2-6-15(7-3-13)19-16(12-22-24-19)11-21-23-18(25)10-14-4-8-17(20)9-5-14/h2-9,11-12H,10H2,1H3,(H,22,24)(H,23,25)/b21-11+. The maximum atomic E-state index is 12.0. The van der Waals surface area contributed by atoms with Crippen LogP contribution in [0.2, 0.25) is 0 Å². The van der Waals surface area contributed by atoms with Crippen LogP contribution in [0.5, 0.6) is 0 Å². The van der Waals surface area contributed by atoms with Crippen molar-refractivity contribution in [2.24, 2.45) is 5.10 Å². The first-order chi connectivity index (χ1) is 12.1. The van der Waals surface area contributed by atoms with Gasteiger partial charge < -0.3 is 0 Å². The van der Waals surface area contributed by atoms with E-state index in [9.17, 15) is 4.79 Å². The summed E-state index contributed by atoms with van der Waals surface area (Å²) in [6, 6.07) is 15.7. The van der Waals surface area contributed by atoms with E-state index in [0.29, 0.717) is 0 Å². The van der Waals surface area contributed by atoms with Gasteiger partial charge in [-0.05, 0) is 24.6 Å². The number of carbonyl (C=O) groups excluding carboxylic acids is 1. The number of amides is 1. The number of hydrogen-bond donors (Lipinski definition) is 2. The smallest absolute Gasteiger partial charge is 0.244 e. The second-order valence-corrected chi connectivity index (χ2v) is 6.58. The van der Waals surface area contributed by atoms with Gasteiger partial charge in [0.25, 0.3) is 0 Å². The second kappa shape index (κ2) is 7.90. The number of aryl methyl sites for hydroxylation is 1. The molecule has 0 atom stereocenters. The number of hydrogen-bond acceptors (Lipinski definition) is 3. The third kappa shape index (κ3) is 4.64. The van der Waals surface area contributed by atoms with Crippen molar-refractivity contribution in [3.63, 3.8) is 0 Å². The molecule has 0 bridgehead atoms. The Balaban J connectivity index is 1.63. The van der Waals surface area contributed by atoms with Crippen LogP contribution in [0.25, 0.3) is 11.3 Å². The first-order valence-electron chi connectivity index (χ1n) is 7.78. The van der Waals surface area contributed by atoms with Crippen molar-refractivity contribution in [1.29, 1.82) is 0 Å². The Kier molecular flexibility index (Phi) is 5.40. The summed E-state index contributed by atoms with van der Waals surface area (Å²) in [4.78, 5) is 12.0. The predicted octanol–water partition coefficient (Wildman–Crippen LogP) is 3.84. The van der Waals surface area contributed by atoms with Crippen LogP contribution < -0.4 is 5.43 Å². The Morgan fingerprint density at radius 3 is 2.64 bits per heavy atom. The van der Waals surface area contributed by atoms with Gasteiger partial charge >= 0.3 is 0 Å². The molecular weight excluding hydrogens is 380 g/mol. The van der Waals surface area contributed by atoms with Crippen LogP contribution in [0.1, 0.15) is 16.7 Å². The quantitative estimate of drug-likeness (QED) is 0.507. The van der Waals surface area contributed by atoms with Crippen LogP contribution in [-0.4, -0.2) is 22.3 Å². The highest BCUT2D eigenvalue weighted by molar-refractivity contribution is 9.10. The third-order valence-electron chi connectivity index (χ3n) is 3.68. The highest BCUT2D eigenvalue weighted by atomic mass is 79.9. The van der Waals surface area contributed by atoms with Crippen molar-refractivity contribution < 1.29 is 4.79 Å². The Labute approximate surface area is 154 Å². The molecule has 126 valence electrons. The molecule has 1 heterocycles. The summed E-state index contributed by atoms with van der Waals surface area (Å²) < 4.78 is 0.985. The first kappa shape index (κ1) is 17.1. The highest BCUT2D eigenvalue weighted by Crippen LogP contribution is 2.20. The number of benzene rings is 2. The van der Waals surface area contributed by atoms with Crippen molar-refractivity contribution in [3.8, 4) is 11.3 Å². The van der Waals surface area contributed by atoms with Crippen LogP contribution in [0.4, 0.5) is 0 Å². The summed E-state index contributed by atoms with van der Waals surface area (Å²) >= 11 is 3.37. The molecule has 0 aliphatic heterocycles. The number of aromatic nitrogens is 2. The fourth-order valence-electron chi connectivity index (χ4n) is 2.35. The normalized spacial score (nSPS) is 11.0. The Bertz CT molecular complexity index is 883. The lowest BCUT2D eigenvalue weighted by Crippen LogP contribution is -2.19. The predicted molar refractivity (Wildman–Crippen MR) is 102 cm³/mol. The van der Waals surface area contributed by atoms with Gasteiger partial charge in [-0.3, -0.25) is 9.89 Å². The number of halogens is 1. The summed E-state index contributed by atoms with van der Waals surface area (Å²) in [6.07, 6.45) is 3.55. The minimum Gasteiger partial charge on any atom is -0.277 e. The molecule has 0 aliphatic rings. The number of nitrogens with zero attached hydrogens (tertiary/aromatic N) is 2. The molecule has 1 aromatic heterocycles. The van der Waals surface area contributed by atoms with Crippen molar-refractivity contribution in [3.05, 3.63) is 75.9 Å². The fourth-order valence-corrected chi connectivity index (χ4v) is 2.61. The summed E-state index contributed by atoms with van der Waals surface area (Å²) in [5.41, 5.74) is 7.37. The van der Waals surface area contributed by atoms with Gasteiger partial charge in [-0.1, -0.05) is 57.9 Å². The molecule has 3 rings (SSSR count). The zero-order valence-electron chi connectivity index (χ0n) is 13.7. The van der Waals surface area contributed by atoms with Crippen molar-refractivity contribution in [1.82, 2.24) is 15.6 Å². The van der Waals surface area contributed by atoms with Crippen molar-refractivity contribution >= 4 is 28.1 Å². The number of carbonyl (C=O) groups is 1. The number of H-pyrrole nitrogens is 1.